The molecule has 4 N–H and O–H groups in total. The topological polar surface area (TPSA) is 108 Å². The van der Waals surface area contributed by atoms with E-state index in [2.05, 4.69) is 9.88 Å². The van der Waals surface area contributed by atoms with Gasteiger partial charge in [-0.1, -0.05) is 35.5 Å². The van der Waals surface area contributed by atoms with Gasteiger partial charge in [0.1, 0.15) is 6.04 Å². The van der Waals surface area contributed by atoms with Gasteiger partial charge in [0.25, 0.3) is 10.2 Å². The first kappa shape index (κ1) is 14.4. The van der Waals surface area contributed by atoms with Gasteiger partial charge in [0.15, 0.2) is 5.84 Å². The van der Waals surface area contributed by atoms with E-state index in [0.717, 1.165) is 4.31 Å². The van der Waals surface area contributed by atoms with Gasteiger partial charge in [-0.15, -0.1) is 0 Å². The molecule has 1 atom stereocenters. The van der Waals surface area contributed by atoms with Crippen molar-refractivity contribution in [2.24, 2.45) is 10.9 Å². The Kier molecular flexibility index (Phi) is 4.65. The summed E-state index contributed by atoms with van der Waals surface area (Å²) in [5.74, 6) is -0.230. The summed E-state index contributed by atoms with van der Waals surface area (Å²) in [6.07, 6.45) is 0. The van der Waals surface area contributed by atoms with Gasteiger partial charge in [-0.2, -0.15) is 17.4 Å². The number of amidine groups is 1. The quantitative estimate of drug-likeness (QED) is 0.300. The Morgan fingerprint density at radius 2 is 1.94 bits per heavy atom. The molecule has 0 heterocycles. The average Bonchev–Trinajstić information content (AvgIpc) is 2.36. The summed E-state index contributed by atoms with van der Waals surface area (Å²) >= 11 is 0. The second kappa shape index (κ2) is 5.80. The fourth-order valence-corrected chi connectivity index (χ4v) is 2.02. The summed E-state index contributed by atoms with van der Waals surface area (Å²) in [4.78, 5) is 0. The van der Waals surface area contributed by atoms with Crippen LogP contribution in [0.25, 0.3) is 0 Å². The number of nitrogens with zero attached hydrogens (tertiary/aromatic N) is 2. The lowest BCUT2D eigenvalue weighted by Crippen LogP contribution is -2.43. The number of oxime groups is 1. The third kappa shape index (κ3) is 3.42. The van der Waals surface area contributed by atoms with Crippen molar-refractivity contribution < 1.29 is 13.6 Å². The zero-order valence-electron chi connectivity index (χ0n) is 10.1. The summed E-state index contributed by atoms with van der Waals surface area (Å²) in [7, 11) is -0.918. The molecule has 0 aliphatic rings. The van der Waals surface area contributed by atoms with E-state index in [1.807, 2.05) is 0 Å². The monoisotopic (exact) mass is 272 g/mol. The summed E-state index contributed by atoms with van der Waals surface area (Å²) in [5.41, 5.74) is 6.09. The van der Waals surface area contributed by atoms with Crippen LogP contribution >= 0.6 is 0 Å². The molecule has 0 radical (unpaired) electrons. The fraction of sp³-hybridized carbons (Fsp3) is 0.300. The molecule has 1 aromatic carbocycles. The molecule has 1 rings (SSSR count). The summed E-state index contributed by atoms with van der Waals surface area (Å²) in [6, 6.07) is 7.70. The van der Waals surface area contributed by atoms with E-state index in [1.54, 1.807) is 30.3 Å². The van der Waals surface area contributed by atoms with Crippen molar-refractivity contribution >= 4 is 16.0 Å². The highest BCUT2D eigenvalue weighted by Gasteiger charge is 2.24. The number of nitrogens with one attached hydrogen (secondary N) is 1. The second-order valence-corrected chi connectivity index (χ2v) is 5.69. The highest BCUT2D eigenvalue weighted by molar-refractivity contribution is 7.87. The third-order valence-electron chi connectivity index (χ3n) is 2.29. The van der Waals surface area contributed by atoms with Crippen molar-refractivity contribution in [1.29, 1.82) is 0 Å². The average molecular weight is 272 g/mol. The van der Waals surface area contributed by atoms with Crippen LogP contribution in [0.3, 0.4) is 0 Å². The maximum absolute atomic E-state index is 11.8. The van der Waals surface area contributed by atoms with E-state index in [1.165, 1.54) is 14.1 Å². The normalized spacial score (nSPS) is 14.7. The summed E-state index contributed by atoms with van der Waals surface area (Å²) in [5, 5.41) is 11.6. The molecule has 0 saturated carbocycles. The lowest BCUT2D eigenvalue weighted by Gasteiger charge is -2.20. The van der Waals surface area contributed by atoms with Crippen molar-refractivity contribution in [3.05, 3.63) is 35.9 Å². The highest BCUT2D eigenvalue weighted by atomic mass is 32.2. The zero-order valence-corrected chi connectivity index (χ0v) is 10.9. The fourth-order valence-electron chi connectivity index (χ4n) is 1.26. The Labute approximate surface area is 106 Å². The van der Waals surface area contributed by atoms with Gasteiger partial charge in [-0.05, 0) is 5.56 Å². The Hall–Kier alpha value is -1.64. The molecule has 8 heteroatoms. The van der Waals surface area contributed by atoms with Crippen LogP contribution in [-0.4, -0.2) is 37.9 Å². The van der Waals surface area contributed by atoms with Gasteiger partial charge in [-0.3, -0.25) is 0 Å². The number of hydrogen-bond donors (Lipinski definition) is 3. The van der Waals surface area contributed by atoms with Crippen molar-refractivity contribution in [3.63, 3.8) is 0 Å². The van der Waals surface area contributed by atoms with Crippen molar-refractivity contribution in [2.75, 3.05) is 14.1 Å². The molecule has 0 saturated heterocycles. The number of rotatable bonds is 5. The van der Waals surface area contributed by atoms with Crippen LogP contribution < -0.4 is 10.5 Å². The molecule has 0 spiro atoms. The van der Waals surface area contributed by atoms with E-state index < -0.39 is 16.3 Å². The largest absolute Gasteiger partial charge is 0.409 e. The SMILES string of the molecule is CN(C)S(=O)(=O)NC(/C(N)=N/O)c1ccccc1. The molecule has 100 valence electrons. The van der Waals surface area contributed by atoms with Gasteiger partial charge in [-0.25, -0.2) is 0 Å². The number of hydrogen-bond acceptors (Lipinski definition) is 4. The van der Waals surface area contributed by atoms with Gasteiger partial charge in [0.2, 0.25) is 0 Å². The van der Waals surface area contributed by atoms with E-state index in [-0.39, 0.29) is 5.84 Å². The minimum Gasteiger partial charge on any atom is -0.409 e. The minimum absolute atomic E-state index is 0.230. The zero-order chi connectivity index (χ0) is 13.8. The Morgan fingerprint density at radius 1 is 1.39 bits per heavy atom. The molecular weight excluding hydrogens is 256 g/mol. The first-order chi connectivity index (χ1) is 8.38. The number of benzene rings is 1. The second-order valence-electron chi connectivity index (χ2n) is 3.77. The van der Waals surface area contributed by atoms with E-state index in [9.17, 15) is 8.42 Å². The molecule has 0 aliphatic heterocycles. The van der Waals surface area contributed by atoms with Gasteiger partial charge in [0.05, 0.1) is 0 Å². The molecule has 0 aromatic heterocycles. The van der Waals surface area contributed by atoms with Crippen LogP contribution in [0.5, 0.6) is 0 Å². The van der Waals surface area contributed by atoms with E-state index >= 15 is 0 Å². The van der Waals surface area contributed by atoms with Gasteiger partial charge in [0, 0.05) is 14.1 Å². The van der Waals surface area contributed by atoms with Gasteiger partial charge < -0.3 is 10.9 Å². The predicted molar refractivity (Wildman–Crippen MR) is 68.3 cm³/mol. The van der Waals surface area contributed by atoms with Crippen LogP contribution in [0.15, 0.2) is 35.5 Å². The van der Waals surface area contributed by atoms with E-state index in [0.29, 0.717) is 5.56 Å². The molecular formula is C10H16N4O3S. The van der Waals surface area contributed by atoms with Crippen molar-refractivity contribution in [1.82, 2.24) is 9.03 Å². The van der Waals surface area contributed by atoms with Crippen LogP contribution in [0.2, 0.25) is 0 Å². The van der Waals surface area contributed by atoms with Gasteiger partial charge >= 0.3 is 0 Å². The lowest BCUT2D eigenvalue weighted by atomic mass is 10.1. The predicted octanol–water partition coefficient (Wildman–Crippen LogP) is -0.130. The molecule has 0 fully saturated rings. The number of nitrogens with two attached hydrogens (primary N) is 1. The van der Waals surface area contributed by atoms with Crippen molar-refractivity contribution in [2.45, 2.75) is 6.04 Å². The summed E-state index contributed by atoms with van der Waals surface area (Å²) in [6.45, 7) is 0. The molecule has 1 unspecified atom stereocenters. The molecule has 0 aliphatic carbocycles. The first-order valence-electron chi connectivity index (χ1n) is 5.10. The molecule has 0 bridgehead atoms. The van der Waals surface area contributed by atoms with Crippen LogP contribution in [-0.2, 0) is 10.2 Å². The minimum atomic E-state index is -3.69. The van der Waals surface area contributed by atoms with E-state index in [4.69, 9.17) is 10.9 Å². The lowest BCUT2D eigenvalue weighted by molar-refractivity contribution is 0.315. The molecule has 0 amide bonds. The first-order valence-corrected chi connectivity index (χ1v) is 6.54. The Bertz CT molecular complexity index is 513. The standard InChI is InChI=1S/C10H16N4O3S/c1-14(2)18(16,17)13-9(10(11)12-15)8-6-4-3-5-7-8/h3-7,9,13,15H,1-2H3,(H2,11,12). The highest BCUT2D eigenvalue weighted by Crippen LogP contribution is 2.14. The molecule has 18 heavy (non-hydrogen) atoms. The maximum Gasteiger partial charge on any atom is 0.279 e. The third-order valence-corrected chi connectivity index (χ3v) is 3.79. The molecule has 1 aromatic rings. The smallest absolute Gasteiger partial charge is 0.279 e. The van der Waals surface area contributed by atoms with Crippen LogP contribution in [0.4, 0.5) is 0 Å². The van der Waals surface area contributed by atoms with Crippen molar-refractivity contribution in [3.8, 4) is 0 Å². The Morgan fingerprint density at radius 3 is 2.39 bits per heavy atom. The van der Waals surface area contributed by atoms with Crippen LogP contribution in [0.1, 0.15) is 11.6 Å². The molecule has 7 nitrogen and oxygen atoms in total. The summed E-state index contributed by atoms with van der Waals surface area (Å²) < 4.78 is 26.9. The van der Waals surface area contributed by atoms with Crippen LogP contribution in [0, 0.1) is 0 Å². The maximum atomic E-state index is 11.8. The Balaban J connectivity index is 3.10.